The normalized spacial score (nSPS) is 10.9. The van der Waals surface area contributed by atoms with Gasteiger partial charge in [-0.2, -0.15) is 13.2 Å². The van der Waals surface area contributed by atoms with Crippen LogP contribution in [0.1, 0.15) is 13.3 Å². The second-order valence-corrected chi connectivity index (χ2v) is 1.62. The lowest BCUT2D eigenvalue weighted by atomic mass is 10.5. The Morgan fingerprint density at radius 2 is 1.91 bits per heavy atom. The van der Waals surface area contributed by atoms with Crippen molar-refractivity contribution in [3.63, 3.8) is 0 Å². The second kappa shape index (κ2) is 3.36. The molecular formula is C5H5F3O3. The molecule has 0 unspecified atom stereocenters. The molecule has 6 heteroatoms. The summed E-state index contributed by atoms with van der Waals surface area (Å²) in [6, 6.07) is -2.97. The van der Waals surface area contributed by atoms with Gasteiger partial charge in [0.15, 0.2) is 0 Å². The Bertz CT molecular complexity index is 178. The number of rotatable bonds is 3. The van der Waals surface area contributed by atoms with E-state index in [0.717, 1.165) is 0 Å². The molecule has 0 saturated heterocycles. The van der Waals surface area contributed by atoms with Crippen molar-refractivity contribution < 1.29 is 27.5 Å². The van der Waals surface area contributed by atoms with Gasteiger partial charge in [0.1, 0.15) is 0 Å². The second-order valence-electron chi connectivity index (χ2n) is 1.62. The van der Waals surface area contributed by atoms with E-state index >= 15 is 0 Å². The third kappa shape index (κ3) is 3.01. The molecule has 0 aliphatic carbocycles. The highest BCUT2D eigenvalue weighted by Gasteiger charge is 2.44. The zero-order valence-electron chi connectivity index (χ0n) is 5.57. The fourth-order valence-electron chi connectivity index (χ4n) is 0.255. The van der Waals surface area contributed by atoms with E-state index in [1.165, 1.54) is 6.92 Å². The van der Waals surface area contributed by atoms with Crippen LogP contribution < -0.4 is 0 Å². The van der Waals surface area contributed by atoms with Gasteiger partial charge in [0, 0.05) is 6.42 Å². The van der Waals surface area contributed by atoms with Crippen molar-refractivity contribution in [3.8, 4) is 0 Å². The molecule has 64 valence electrons. The molecule has 3 nitrogen and oxygen atoms in total. The van der Waals surface area contributed by atoms with Gasteiger partial charge in [-0.15, -0.1) is 0 Å². The smallest absolute Gasteiger partial charge is 0.393 e. The molecular weight excluding hydrogens is 165 g/mol. The fourth-order valence-corrected chi connectivity index (χ4v) is 0.255. The Morgan fingerprint density at radius 1 is 1.45 bits per heavy atom. The minimum Gasteiger partial charge on any atom is -0.393 e. The van der Waals surface area contributed by atoms with Gasteiger partial charge in [0.05, 0.1) is 0 Å². The molecule has 0 heterocycles. The SMILES string of the molecule is CCC(=O)OC(F)(F)C(=O)F. The van der Waals surface area contributed by atoms with Crippen LogP contribution in [0, 0.1) is 0 Å². The van der Waals surface area contributed by atoms with Crippen molar-refractivity contribution >= 4 is 12.0 Å². The van der Waals surface area contributed by atoms with Crippen LogP contribution in [-0.4, -0.2) is 18.1 Å². The van der Waals surface area contributed by atoms with Crippen LogP contribution >= 0.6 is 0 Å². The van der Waals surface area contributed by atoms with Crippen LogP contribution in [0.15, 0.2) is 0 Å². The van der Waals surface area contributed by atoms with Crippen molar-refractivity contribution in [1.29, 1.82) is 0 Å². The van der Waals surface area contributed by atoms with Gasteiger partial charge in [-0.3, -0.25) is 4.79 Å². The average molecular weight is 170 g/mol. The summed E-state index contributed by atoms with van der Waals surface area (Å²) in [5.74, 6) is -1.33. The van der Waals surface area contributed by atoms with E-state index in [1.54, 1.807) is 0 Å². The summed E-state index contributed by atoms with van der Waals surface area (Å²) < 4.78 is 38.1. The lowest BCUT2D eigenvalue weighted by molar-refractivity contribution is -0.234. The molecule has 0 saturated carbocycles. The molecule has 11 heavy (non-hydrogen) atoms. The van der Waals surface area contributed by atoms with Crippen molar-refractivity contribution in [2.24, 2.45) is 0 Å². The zero-order valence-corrected chi connectivity index (χ0v) is 5.57. The Labute approximate surface area is 60.1 Å². The van der Waals surface area contributed by atoms with Crippen LogP contribution in [-0.2, 0) is 14.3 Å². The molecule has 0 radical (unpaired) electrons. The standard InChI is InChI=1S/C5H5F3O3/c1-2-3(9)11-5(7,8)4(6)10/h2H2,1H3. The van der Waals surface area contributed by atoms with Gasteiger partial charge in [0.2, 0.25) is 0 Å². The predicted octanol–water partition coefficient (Wildman–Crippen LogP) is 1.03. The van der Waals surface area contributed by atoms with Gasteiger partial charge in [-0.05, 0) is 0 Å². The minimum absolute atomic E-state index is 0.344. The summed E-state index contributed by atoms with van der Waals surface area (Å²) in [5, 5.41) is 0. The highest BCUT2D eigenvalue weighted by molar-refractivity contribution is 5.79. The quantitative estimate of drug-likeness (QED) is 0.469. The van der Waals surface area contributed by atoms with Gasteiger partial charge < -0.3 is 4.74 Å². The minimum atomic E-state index is -4.63. The third-order valence-corrected chi connectivity index (χ3v) is 0.760. The number of hydrogen-bond donors (Lipinski definition) is 0. The van der Waals surface area contributed by atoms with Crippen molar-refractivity contribution in [2.45, 2.75) is 19.5 Å². The number of carbonyl (C=O) groups is 2. The molecule has 0 aromatic carbocycles. The molecule has 0 fully saturated rings. The Morgan fingerprint density at radius 3 is 2.18 bits per heavy atom. The van der Waals surface area contributed by atoms with E-state index in [1.807, 2.05) is 0 Å². The highest BCUT2D eigenvalue weighted by Crippen LogP contribution is 2.17. The van der Waals surface area contributed by atoms with Gasteiger partial charge in [-0.1, -0.05) is 6.92 Å². The number of ether oxygens (including phenoxy) is 1. The summed E-state index contributed by atoms with van der Waals surface area (Å²) in [7, 11) is 0. The number of alkyl halides is 2. The number of halogens is 3. The lowest BCUT2D eigenvalue weighted by Crippen LogP contribution is -2.31. The molecule has 0 bridgehead atoms. The molecule has 0 atom stereocenters. The molecule has 0 aliphatic heterocycles. The molecule has 0 N–H and O–H groups in total. The van der Waals surface area contributed by atoms with Gasteiger partial charge >= 0.3 is 18.1 Å². The van der Waals surface area contributed by atoms with Crippen LogP contribution in [0.5, 0.6) is 0 Å². The molecule has 0 spiro atoms. The molecule has 0 aliphatic rings. The van der Waals surface area contributed by atoms with E-state index in [9.17, 15) is 22.8 Å². The molecule has 0 rings (SSSR count). The lowest BCUT2D eigenvalue weighted by Gasteiger charge is -2.09. The number of esters is 1. The van der Waals surface area contributed by atoms with Crippen molar-refractivity contribution in [3.05, 3.63) is 0 Å². The summed E-state index contributed by atoms with van der Waals surface area (Å²) in [6.07, 6.45) is -4.98. The number of hydrogen-bond acceptors (Lipinski definition) is 3. The molecule has 0 aromatic rings. The van der Waals surface area contributed by atoms with Crippen LogP contribution in [0.2, 0.25) is 0 Å². The van der Waals surface area contributed by atoms with E-state index in [-0.39, 0.29) is 6.42 Å². The summed E-state index contributed by atoms with van der Waals surface area (Å²) in [4.78, 5) is 19.5. The first-order chi connectivity index (χ1) is 4.90. The van der Waals surface area contributed by atoms with Crippen molar-refractivity contribution in [2.75, 3.05) is 0 Å². The highest BCUT2D eigenvalue weighted by atomic mass is 19.3. The first kappa shape index (κ1) is 9.93. The van der Waals surface area contributed by atoms with E-state index < -0.39 is 18.1 Å². The van der Waals surface area contributed by atoms with Crippen molar-refractivity contribution in [1.82, 2.24) is 0 Å². The third-order valence-electron chi connectivity index (χ3n) is 0.760. The van der Waals surface area contributed by atoms with Gasteiger partial charge in [-0.25, -0.2) is 4.79 Å². The maximum Gasteiger partial charge on any atom is 0.496 e. The Kier molecular flexibility index (Phi) is 3.03. The van der Waals surface area contributed by atoms with E-state index in [0.29, 0.717) is 0 Å². The van der Waals surface area contributed by atoms with E-state index in [4.69, 9.17) is 0 Å². The Hall–Kier alpha value is -1.07. The topological polar surface area (TPSA) is 43.4 Å². The van der Waals surface area contributed by atoms with Crippen LogP contribution in [0.25, 0.3) is 0 Å². The fraction of sp³-hybridized carbons (Fsp3) is 0.600. The van der Waals surface area contributed by atoms with Crippen LogP contribution in [0.3, 0.4) is 0 Å². The zero-order chi connectivity index (χ0) is 9.07. The maximum atomic E-state index is 11.8. The summed E-state index contributed by atoms with van der Waals surface area (Å²) in [6.45, 7) is 1.24. The largest absolute Gasteiger partial charge is 0.496 e. The number of carbonyl (C=O) groups excluding carboxylic acids is 2. The van der Waals surface area contributed by atoms with E-state index in [2.05, 4.69) is 4.74 Å². The first-order valence-electron chi connectivity index (χ1n) is 2.69. The summed E-state index contributed by atoms with van der Waals surface area (Å²) in [5.41, 5.74) is 0. The Balaban J connectivity index is 4.12. The predicted molar refractivity (Wildman–Crippen MR) is 27.4 cm³/mol. The molecule has 0 amide bonds. The van der Waals surface area contributed by atoms with Crippen LogP contribution in [0.4, 0.5) is 13.2 Å². The van der Waals surface area contributed by atoms with Gasteiger partial charge in [0.25, 0.3) is 0 Å². The monoisotopic (exact) mass is 170 g/mol. The summed E-state index contributed by atoms with van der Waals surface area (Å²) >= 11 is 0. The first-order valence-corrected chi connectivity index (χ1v) is 2.69. The maximum absolute atomic E-state index is 11.8. The molecule has 0 aromatic heterocycles. The average Bonchev–Trinajstić information content (AvgIpc) is 1.86.